The van der Waals surface area contributed by atoms with E-state index in [-0.39, 0.29) is 0 Å². The Bertz CT molecular complexity index is 630. The van der Waals surface area contributed by atoms with Gasteiger partial charge in [-0.15, -0.1) is 0 Å². The molecule has 0 amide bonds. The molecule has 1 aliphatic heterocycles. The zero-order valence-corrected chi connectivity index (χ0v) is 12.8. The van der Waals surface area contributed by atoms with E-state index in [2.05, 4.69) is 26.5 Å². The number of ether oxygens (including phenoxy) is 2. The smallest absolute Gasteiger partial charge is 0.140 e. The first-order valence-electron chi connectivity index (χ1n) is 7.22. The molecule has 2 fully saturated rings. The van der Waals surface area contributed by atoms with Crippen LogP contribution < -0.4 is 4.74 Å². The summed E-state index contributed by atoms with van der Waals surface area (Å²) in [5, 5.41) is 0. The van der Waals surface area contributed by atoms with E-state index in [1.807, 2.05) is 12.3 Å². The summed E-state index contributed by atoms with van der Waals surface area (Å²) in [4.78, 5) is 4.77. The molecule has 2 aromatic heterocycles. The molecule has 2 aromatic rings. The predicted octanol–water partition coefficient (Wildman–Crippen LogP) is 3.53. The first kappa shape index (κ1) is 12.7. The number of hydrogen-bond donors (Lipinski definition) is 0. The van der Waals surface area contributed by atoms with Crippen molar-refractivity contribution < 1.29 is 9.47 Å². The predicted molar refractivity (Wildman–Crippen MR) is 79.3 cm³/mol. The molecular formula is C15H17BrN2O2. The van der Waals surface area contributed by atoms with Crippen molar-refractivity contribution in [3.8, 4) is 5.75 Å². The molecule has 5 heteroatoms. The fourth-order valence-electron chi connectivity index (χ4n) is 2.66. The Balaban J connectivity index is 1.67. The lowest BCUT2D eigenvalue weighted by Crippen LogP contribution is -2.14. The second-order valence-corrected chi connectivity index (χ2v) is 6.48. The number of halogens is 1. The van der Waals surface area contributed by atoms with Gasteiger partial charge in [0, 0.05) is 37.6 Å². The quantitative estimate of drug-likeness (QED) is 0.860. The number of hydrogen-bond acceptors (Lipinski definition) is 3. The summed E-state index contributed by atoms with van der Waals surface area (Å²) in [6.07, 6.45) is 9.05. The van der Waals surface area contributed by atoms with Crippen LogP contribution in [-0.2, 0) is 4.74 Å². The first-order valence-corrected chi connectivity index (χ1v) is 8.01. The molecule has 4 rings (SSSR count). The van der Waals surface area contributed by atoms with Crippen LogP contribution >= 0.6 is 15.9 Å². The van der Waals surface area contributed by atoms with Gasteiger partial charge in [-0.05, 0) is 41.6 Å². The lowest BCUT2D eigenvalue weighted by molar-refractivity contribution is 0.0846. The second kappa shape index (κ2) is 5.04. The molecule has 0 atom stereocenters. The third-order valence-electron chi connectivity index (χ3n) is 3.99. The average Bonchev–Trinajstić information content (AvgIpc) is 3.19. The normalized spacial score (nSPS) is 20.4. The lowest BCUT2D eigenvalue weighted by Gasteiger charge is -2.19. The van der Waals surface area contributed by atoms with Crippen LogP contribution in [0.2, 0.25) is 0 Å². The molecule has 4 nitrogen and oxygen atoms in total. The van der Waals surface area contributed by atoms with Crippen LogP contribution in [0.3, 0.4) is 0 Å². The summed E-state index contributed by atoms with van der Waals surface area (Å²) in [6.45, 7) is 1.69. The number of rotatable bonds is 3. The van der Waals surface area contributed by atoms with Crippen LogP contribution in [0.15, 0.2) is 22.9 Å². The molecule has 1 saturated carbocycles. The molecule has 0 N–H and O–H groups in total. The fourth-order valence-corrected chi connectivity index (χ4v) is 3.08. The molecule has 0 aromatic carbocycles. The van der Waals surface area contributed by atoms with Crippen LogP contribution in [0, 0.1) is 0 Å². The van der Waals surface area contributed by atoms with E-state index in [9.17, 15) is 0 Å². The van der Waals surface area contributed by atoms with Gasteiger partial charge in [-0.1, -0.05) is 0 Å². The van der Waals surface area contributed by atoms with Crippen LogP contribution in [-0.4, -0.2) is 28.7 Å². The number of aromatic nitrogens is 2. The van der Waals surface area contributed by atoms with Gasteiger partial charge in [-0.25, -0.2) is 4.98 Å². The number of pyridine rings is 1. The van der Waals surface area contributed by atoms with Crippen LogP contribution in [0.4, 0.5) is 0 Å². The van der Waals surface area contributed by atoms with Crippen LogP contribution in [0.1, 0.15) is 37.3 Å². The summed E-state index contributed by atoms with van der Waals surface area (Å²) in [6, 6.07) is 2.03. The van der Waals surface area contributed by atoms with E-state index >= 15 is 0 Å². The SMILES string of the molecule is Brc1cn2cc(C3CCOCC3)nc2cc1OC1CC1. The van der Waals surface area contributed by atoms with E-state index in [1.54, 1.807) is 0 Å². The molecule has 2 aliphatic rings. The third-order valence-corrected chi connectivity index (χ3v) is 4.58. The molecule has 0 spiro atoms. The van der Waals surface area contributed by atoms with Crippen molar-refractivity contribution in [3.05, 3.63) is 28.6 Å². The van der Waals surface area contributed by atoms with Gasteiger partial charge in [0.2, 0.25) is 0 Å². The minimum Gasteiger partial charge on any atom is -0.489 e. The molecule has 106 valence electrons. The standard InChI is InChI=1S/C15H17BrN2O2/c16-12-8-18-9-13(10-3-5-19-6-4-10)17-15(18)7-14(12)20-11-1-2-11/h7-11H,1-6H2. The Kier molecular flexibility index (Phi) is 3.19. The fraction of sp³-hybridized carbons (Fsp3) is 0.533. The Morgan fingerprint density at radius 1 is 1.20 bits per heavy atom. The van der Waals surface area contributed by atoms with E-state index in [4.69, 9.17) is 14.5 Å². The highest BCUT2D eigenvalue weighted by Gasteiger charge is 2.25. The lowest BCUT2D eigenvalue weighted by atomic mass is 9.97. The maximum atomic E-state index is 5.90. The van der Waals surface area contributed by atoms with Gasteiger partial charge in [0.15, 0.2) is 0 Å². The summed E-state index contributed by atoms with van der Waals surface area (Å²) < 4.78 is 14.4. The number of imidazole rings is 1. The van der Waals surface area contributed by atoms with E-state index in [0.717, 1.165) is 41.9 Å². The van der Waals surface area contributed by atoms with Gasteiger partial charge in [0.1, 0.15) is 11.4 Å². The minimum absolute atomic E-state index is 0.402. The van der Waals surface area contributed by atoms with E-state index in [1.165, 1.54) is 18.5 Å². The average molecular weight is 337 g/mol. The van der Waals surface area contributed by atoms with Gasteiger partial charge >= 0.3 is 0 Å². The van der Waals surface area contributed by atoms with Crippen molar-refractivity contribution in [2.24, 2.45) is 0 Å². The molecule has 1 aliphatic carbocycles. The van der Waals surface area contributed by atoms with Crippen molar-refractivity contribution >= 4 is 21.6 Å². The highest BCUT2D eigenvalue weighted by molar-refractivity contribution is 9.10. The van der Waals surface area contributed by atoms with Crippen LogP contribution in [0.25, 0.3) is 5.65 Å². The van der Waals surface area contributed by atoms with Crippen molar-refractivity contribution in [1.82, 2.24) is 9.38 Å². The summed E-state index contributed by atoms with van der Waals surface area (Å²) in [5.74, 6) is 1.43. The zero-order valence-electron chi connectivity index (χ0n) is 11.2. The molecular weight excluding hydrogens is 320 g/mol. The highest BCUT2D eigenvalue weighted by Crippen LogP contribution is 2.34. The van der Waals surface area contributed by atoms with Gasteiger partial charge in [-0.2, -0.15) is 0 Å². The minimum atomic E-state index is 0.402. The Labute approximate surface area is 126 Å². The third kappa shape index (κ3) is 2.44. The van der Waals surface area contributed by atoms with Gasteiger partial charge in [0.25, 0.3) is 0 Å². The molecule has 0 radical (unpaired) electrons. The summed E-state index contributed by atoms with van der Waals surface area (Å²) >= 11 is 3.59. The van der Waals surface area contributed by atoms with Gasteiger partial charge in [0.05, 0.1) is 16.3 Å². The van der Waals surface area contributed by atoms with Gasteiger partial charge < -0.3 is 13.9 Å². The topological polar surface area (TPSA) is 35.8 Å². The molecule has 0 unspecified atom stereocenters. The van der Waals surface area contributed by atoms with E-state index in [0.29, 0.717) is 12.0 Å². The number of fused-ring (bicyclic) bond motifs is 1. The van der Waals surface area contributed by atoms with Crippen molar-refractivity contribution in [3.63, 3.8) is 0 Å². The van der Waals surface area contributed by atoms with Crippen molar-refractivity contribution in [2.45, 2.75) is 37.7 Å². The van der Waals surface area contributed by atoms with Gasteiger partial charge in [-0.3, -0.25) is 0 Å². The van der Waals surface area contributed by atoms with E-state index < -0.39 is 0 Å². The Hall–Kier alpha value is -1.07. The monoisotopic (exact) mass is 336 g/mol. The number of nitrogens with zero attached hydrogens (tertiary/aromatic N) is 2. The molecule has 3 heterocycles. The Morgan fingerprint density at radius 3 is 2.75 bits per heavy atom. The highest BCUT2D eigenvalue weighted by atomic mass is 79.9. The van der Waals surface area contributed by atoms with Crippen LogP contribution in [0.5, 0.6) is 5.75 Å². The largest absolute Gasteiger partial charge is 0.489 e. The molecule has 20 heavy (non-hydrogen) atoms. The Morgan fingerprint density at radius 2 is 2.00 bits per heavy atom. The van der Waals surface area contributed by atoms with Crippen molar-refractivity contribution in [1.29, 1.82) is 0 Å². The molecule has 0 bridgehead atoms. The summed E-state index contributed by atoms with van der Waals surface area (Å²) in [7, 11) is 0. The maximum Gasteiger partial charge on any atom is 0.140 e. The molecule has 1 saturated heterocycles. The summed E-state index contributed by atoms with van der Waals surface area (Å²) in [5.41, 5.74) is 2.13. The zero-order chi connectivity index (χ0) is 13.5. The van der Waals surface area contributed by atoms with Crippen molar-refractivity contribution in [2.75, 3.05) is 13.2 Å². The second-order valence-electron chi connectivity index (χ2n) is 5.62. The maximum absolute atomic E-state index is 5.90. The first-order chi connectivity index (χ1) is 9.79.